The highest BCUT2D eigenvalue weighted by atomic mass is 35.5. The Bertz CT molecular complexity index is 2130. The van der Waals surface area contributed by atoms with Crippen LogP contribution in [-0.4, -0.2) is 38.5 Å². The first-order valence-corrected chi connectivity index (χ1v) is 17.1. The molecule has 252 valence electrons. The van der Waals surface area contributed by atoms with E-state index in [4.69, 9.17) is 34.8 Å². The smallest absolute Gasteiger partial charge is 0.258 e. The van der Waals surface area contributed by atoms with Crippen LogP contribution in [0.25, 0.3) is 0 Å². The Kier molecular flexibility index (Phi) is 7.60. The molecule has 6 atom stereocenters. The van der Waals surface area contributed by atoms with Gasteiger partial charge in [0.2, 0.25) is 11.8 Å². The molecule has 12 heteroatoms. The number of anilines is 4. The number of allylic oxidation sites excluding steroid dienone is 2. The van der Waals surface area contributed by atoms with Gasteiger partial charge in [0.05, 0.1) is 23.2 Å². The number of hydrogen-bond donors (Lipinski definition) is 2. The van der Waals surface area contributed by atoms with Crippen molar-refractivity contribution in [2.24, 2.45) is 17.8 Å². The summed E-state index contributed by atoms with van der Waals surface area (Å²) < 4.78 is 13.9. The summed E-state index contributed by atoms with van der Waals surface area (Å²) in [6.07, 6.45) is 1.75. The average molecular weight is 731 g/mol. The molecule has 2 heterocycles. The van der Waals surface area contributed by atoms with Gasteiger partial charge in [-0.1, -0.05) is 47.5 Å². The second-order valence-electron chi connectivity index (χ2n) is 13.0. The molecule has 6 unspecified atom stereocenters. The third-order valence-corrected chi connectivity index (χ3v) is 12.1. The lowest BCUT2D eigenvalue weighted by atomic mass is 9.56. The Hall–Kier alpha value is -4.70. The molecule has 4 amide bonds. The van der Waals surface area contributed by atoms with E-state index in [1.54, 1.807) is 30.3 Å². The highest BCUT2D eigenvalue weighted by Crippen LogP contribution is 2.66. The number of phenols is 1. The van der Waals surface area contributed by atoms with Crippen LogP contribution >= 0.6 is 34.8 Å². The number of nitrogens with zero attached hydrogens (tertiary/aromatic N) is 2. The van der Waals surface area contributed by atoms with Gasteiger partial charge < -0.3 is 10.4 Å². The topological polar surface area (TPSA) is 107 Å². The maximum Gasteiger partial charge on any atom is 0.258 e. The van der Waals surface area contributed by atoms with Crippen molar-refractivity contribution in [1.82, 2.24) is 0 Å². The molecule has 4 aromatic carbocycles. The first-order chi connectivity index (χ1) is 23.9. The van der Waals surface area contributed by atoms with E-state index >= 15 is 0 Å². The molecule has 2 aliphatic carbocycles. The largest absolute Gasteiger partial charge is 0.508 e. The van der Waals surface area contributed by atoms with E-state index in [-0.39, 0.29) is 35.2 Å². The number of fused-ring (bicyclic) bond motifs is 4. The molecule has 4 aliphatic rings. The maximum absolute atomic E-state index is 14.5. The predicted octanol–water partition coefficient (Wildman–Crippen LogP) is 7.70. The van der Waals surface area contributed by atoms with Crippen molar-refractivity contribution in [1.29, 1.82) is 0 Å². The molecule has 2 aliphatic heterocycles. The van der Waals surface area contributed by atoms with Crippen LogP contribution in [0.4, 0.5) is 27.1 Å². The van der Waals surface area contributed by atoms with Crippen LogP contribution in [0.15, 0.2) is 109 Å². The Morgan fingerprint density at radius 1 is 0.760 bits per heavy atom. The van der Waals surface area contributed by atoms with Crippen molar-refractivity contribution in [3.8, 4) is 5.75 Å². The van der Waals surface area contributed by atoms with Gasteiger partial charge in [-0.15, -0.1) is 23.2 Å². The predicted molar refractivity (Wildman–Crippen MR) is 188 cm³/mol. The highest BCUT2D eigenvalue weighted by molar-refractivity contribution is 6.58. The molecule has 4 aromatic rings. The van der Waals surface area contributed by atoms with Crippen LogP contribution in [0.2, 0.25) is 5.02 Å². The number of nitrogens with one attached hydrogen (secondary N) is 1. The van der Waals surface area contributed by atoms with E-state index < -0.39 is 57.0 Å². The molecule has 1 saturated carbocycles. The van der Waals surface area contributed by atoms with Gasteiger partial charge in [0.15, 0.2) is 9.75 Å². The van der Waals surface area contributed by atoms with E-state index in [0.29, 0.717) is 16.8 Å². The van der Waals surface area contributed by atoms with Crippen molar-refractivity contribution in [2.75, 3.05) is 15.1 Å². The quantitative estimate of drug-likeness (QED) is 0.124. The number of carbonyl (C=O) groups excluding carboxylic acids is 4. The number of para-hydroxylation sites is 1. The fourth-order valence-corrected chi connectivity index (χ4v) is 9.34. The van der Waals surface area contributed by atoms with Crippen molar-refractivity contribution < 1.29 is 28.7 Å². The number of imide groups is 2. The van der Waals surface area contributed by atoms with Crippen molar-refractivity contribution in [3.63, 3.8) is 0 Å². The lowest BCUT2D eigenvalue weighted by Gasteiger charge is -2.50. The zero-order chi connectivity index (χ0) is 35.1. The molecule has 2 saturated heterocycles. The van der Waals surface area contributed by atoms with Crippen LogP contribution in [0, 0.1) is 23.6 Å². The summed E-state index contributed by atoms with van der Waals surface area (Å²) in [7, 11) is 0. The monoisotopic (exact) mass is 729 g/mol. The van der Waals surface area contributed by atoms with Crippen molar-refractivity contribution >= 4 is 81.2 Å². The SMILES string of the molecule is O=C1C2CC=C3C(CC4(Cl)C(=O)N(c5ccc(F)cc5)C(=O)C4(Cl)C3c3ccc(O)cc3Cl)C2C(=O)N1c1ccc(Nc2ccccc2)cc1. The minimum Gasteiger partial charge on any atom is -0.508 e. The van der Waals surface area contributed by atoms with Gasteiger partial charge in [0, 0.05) is 22.3 Å². The number of alkyl halides is 2. The van der Waals surface area contributed by atoms with Gasteiger partial charge in [-0.25, -0.2) is 9.29 Å². The summed E-state index contributed by atoms with van der Waals surface area (Å²) in [5.41, 5.74) is 2.98. The van der Waals surface area contributed by atoms with Gasteiger partial charge in [-0.05, 0) is 97.1 Å². The van der Waals surface area contributed by atoms with E-state index in [2.05, 4.69) is 5.32 Å². The second kappa shape index (κ2) is 11.7. The van der Waals surface area contributed by atoms with Crippen LogP contribution < -0.4 is 15.1 Å². The molecule has 0 radical (unpaired) electrons. The van der Waals surface area contributed by atoms with Crippen LogP contribution in [-0.2, 0) is 19.2 Å². The normalized spacial score (nSPS) is 28.7. The Labute approximate surface area is 301 Å². The Morgan fingerprint density at radius 2 is 1.40 bits per heavy atom. The van der Waals surface area contributed by atoms with Crippen LogP contribution in [0.3, 0.4) is 0 Å². The standard InChI is InChI=1S/C38H27Cl3FN3O5/c39-30-18-25(46)14-15-27(30)32-26-16-17-28-31(34(48)44(33(28)47)23-12-8-22(9-13-23)43-21-4-2-1-3-5-21)29(26)19-37(40)35(49)45(36(50)38(32,37)41)24-10-6-20(42)7-11-24/h1-16,18,28-29,31-32,43,46H,17,19H2. The molecular weight excluding hydrogens is 704 g/mol. The molecular formula is C38H27Cl3FN3O5. The molecule has 50 heavy (non-hydrogen) atoms. The number of benzene rings is 4. The summed E-state index contributed by atoms with van der Waals surface area (Å²) in [6, 6.07) is 25.5. The number of hydrogen-bond acceptors (Lipinski definition) is 6. The highest BCUT2D eigenvalue weighted by Gasteiger charge is 2.76. The minimum atomic E-state index is -2.14. The first kappa shape index (κ1) is 32.5. The number of phenolic OH excluding ortho intramolecular Hbond substituents is 1. The summed E-state index contributed by atoms with van der Waals surface area (Å²) in [6.45, 7) is 0. The molecule has 0 aromatic heterocycles. The average Bonchev–Trinajstić information content (AvgIpc) is 3.44. The molecule has 3 fully saturated rings. The van der Waals surface area contributed by atoms with E-state index in [9.17, 15) is 28.7 Å². The fourth-order valence-electron chi connectivity index (χ4n) is 8.13. The van der Waals surface area contributed by atoms with E-state index in [1.807, 2.05) is 30.3 Å². The van der Waals surface area contributed by atoms with Crippen molar-refractivity contribution in [2.45, 2.75) is 28.5 Å². The van der Waals surface area contributed by atoms with Crippen molar-refractivity contribution in [3.05, 3.63) is 125 Å². The summed E-state index contributed by atoms with van der Waals surface area (Å²) in [5, 5.41) is 13.5. The van der Waals surface area contributed by atoms with Gasteiger partial charge in [-0.2, -0.15) is 0 Å². The number of halogens is 4. The molecule has 2 N–H and O–H groups in total. The lowest BCUT2D eigenvalue weighted by Crippen LogP contribution is -2.60. The minimum absolute atomic E-state index is 0.0675. The lowest BCUT2D eigenvalue weighted by molar-refractivity contribution is -0.125. The zero-order valence-corrected chi connectivity index (χ0v) is 28.3. The second-order valence-corrected chi connectivity index (χ2v) is 14.7. The van der Waals surface area contributed by atoms with Gasteiger partial charge in [0.1, 0.15) is 11.6 Å². The number of rotatable bonds is 5. The van der Waals surface area contributed by atoms with E-state index in [1.165, 1.54) is 35.2 Å². The first-order valence-electron chi connectivity index (χ1n) is 15.9. The summed E-state index contributed by atoms with van der Waals surface area (Å²) >= 11 is 21.5. The Balaban J connectivity index is 1.20. The number of carbonyl (C=O) groups is 4. The third-order valence-electron chi connectivity index (χ3n) is 10.4. The molecule has 8 nitrogen and oxygen atoms in total. The van der Waals surface area contributed by atoms with Crippen LogP contribution in [0.5, 0.6) is 5.75 Å². The van der Waals surface area contributed by atoms with Gasteiger partial charge in [0.25, 0.3) is 11.8 Å². The summed E-state index contributed by atoms with van der Waals surface area (Å²) in [5.74, 6) is -6.78. The molecule has 0 bridgehead atoms. The fraction of sp³-hybridized carbons (Fsp3) is 0.211. The van der Waals surface area contributed by atoms with Gasteiger partial charge in [-0.3, -0.25) is 24.1 Å². The zero-order valence-electron chi connectivity index (χ0n) is 26.0. The molecule has 0 spiro atoms. The third kappa shape index (κ3) is 4.63. The maximum atomic E-state index is 14.5. The Morgan fingerprint density at radius 3 is 2.08 bits per heavy atom. The molecule has 8 rings (SSSR count). The number of amides is 4. The van der Waals surface area contributed by atoms with E-state index in [0.717, 1.165) is 28.4 Å². The number of aromatic hydroxyl groups is 1. The van der Waals surface area contributed by atoms with Gasteiger partial charge >= 0.3 is 0 Å². The summed E-state index contributed by atoms with van der Waals surface area (Å²) in [4.78, 5) is 55.0. The van der Waals surface area contributed by atoms with Crippen LogP contribution in [0.1, 0.15) is 24.3 Å².